The first kappa shape index (κ1) is 21.3. The molecule has 1 heterocycles. The number of carbonyl (C=O) groups is 1. The molecule has 0 unspecified atom stereocenters. The van der Waals surface area contributed by atoms with E-state index in [1.807, 2.05) is 32.0 Å². The molecule has 0 spiro atoms. The van der Waals surface area contributed by atoms with Crippen LogP contribution >= 0.6 is 0 Å². The van der Waals surface area contributed by atoms with E-state index in [2.05, 4.69) is 5.32 Å². The Morgan fingerprint density at radius 1 is 1.14 bits per heavy atom. The van der Waals surface area contributed by atoms with Crippen molar-refractivity contribution in [2.75, 3.05) is 38.6 Å². The number of benzene rings is 2. The number of aryl methyl sites for hydroxylation is 1. The third-order valence-electron chi connectivity index (χ3n) is 5.36. The number of amides is 1. The molecule has 29 heavy (non-hydrogen) atoms. The van der Waals surface area contributed by atoms with Gasteiger partial charge in [-0.05, 0) is 43.7 Å². The highest BCUT2D eigenvalue weighted by Gasteiger charge is 2.34. The van der Waals surface area contributed by atoms with Crippen molar-refractivity contribution < 1.29 is 22.8 Å². The topological polar surface area (TPSA) is 80.2 Å². The van der Waals surface area contributed by atoms with Gasteiger partial charge in [-0.15, -0.1) is 0 Å². The fraction of sp³-hybridized carbons (Fsp3) is 0.381. The minimum atomic E-state index is -3.49. The van der Waals surface area contributed by atoms with Crippen LogP contribution in [0.1, 0.15) is 12.5 Å². The monoisotopic (exact) mass is 418 g/mol. The molecule has 2 aromatic rings. The van der Waals surface area contributed by atoms with E-state index in [9.17, 15) is 13.2 Å². The third kappa shape index (κ3) is 4.77. The Bertz CT molecular complexity index is 955. The number of quaternary nitrogens is 1. The number of sulfonamides is 1. The molecular weight excluding hydrogens is 390 g/mol. The number of methoxy groups -OCH3 is 1. The van der Waals surface area contributed by atoms with Crippen molar-refractivity contribution in [3.8, 4) is 5.75 Å². The van der Waals surface area contributed by atoms with Gasteiger partial charge in [0.2, 0.25) is 10.0 Å². The number of hydrogen-bond acceptors (Lipinski definition) is 4. The molecule has 1 amide bonds. The Morgan fingerprint density at radius 3 is 2.41 bits per heavy atom. The quantitative estimate of drug-likeness (QED) is 0.731. The van der Waals surface area contributed by atoms with Gasteiger partial charge in [0.25, 0.3) is 5.91 Å². The summed E-state index contributed by atoms with van der Waals surface area (Å²) in [6.07, 6.45) is 0. The SMILES string of the molecule is COc1ccc(C)cc1NC(=O)[C@H](C)[NH+]1CCN(S(=O)(=O)c2ccccc2)CC1. The molecule has 3 rings (SSSR count). The van der Waals surface area contributed by atoms with E-state index < -0.39 is 10.0 Å². The molecule has 7 nitrogen and oxygen atoms in total. The summed E-state index contributed by atoms with van der Waals surface area (Å²) < 4.78 is 32.4. The van der Waals surface area contributed by atoms with Crippen molar-refractivity contribution in [3.63, 3.8) is 0 Å². The second kappa shape index (κ2) is 8.94. The predicted molar refractivity (Wildman–Crippen MR) is 112 cm³/mol. The first-order valence-corrected chi connectivity index (χ1v) is 11.1. The van der Waals surface area contributed by atoms with Crippen molar-refractivity contribution in [2.45, 2.75) is 24.8 Å². The van der Waals surface area contributed by atoms with E-state index in [0.29, 0.717) is 42.5 Å². The lowest BCUT2D eigenvalue weighted by Gasteiger charge is -2.34. The molecule has 156 valence electrons. The number of hydrogen-bond donors (Lipinski definition) is 2. The zero-order chi connectivity index (χ0) is 21.0. The molecule has 1 saturated heterocycles. The summed E-state index contributed by atoms with van der Waals surface area (Å²) in [6.45, 7) is 5.75. The Labute approximate surface area is 172 Å². The molecule has 1 atom stereocenters. The van der Waals surface area contributed by atoms with E-state index >= 15 is 0 Å². The molecule has 0 aliphatic carbocycles. The summed E-state index contributed by atoms with van der Waals surface area (Å²) in [5, 5.41) is 2.95. The van der Waals surface area contributed by atoms with Gasteiger partial charge in [-0.3, -0.25) is 4.79 Å². The summed E-state index contributed by atoms with van der Waals surface area (Å²) in [5.41, 5.74) is 1.68. The van der Waals surface area contributed by atoms with Gasteiger partial charge in [0.05, 0.1) is 43.9 Å². The van der Waals surface area contributed by atoms with Crippen LogP contribution in [0.25, 0.3) is 0 Å². The molecule has 0 radical (unpaired) electrons. The number of rotatable bonds is 6. The van der Waals surface area contributed by atoms with Crippen LogP contribution in [-0.2, 0) is 14.8 Å². The second-order valence-corrected chi connectivity index (χ2v) is 9.23. The molecule has 1 fully saturated rings. The molecule has 1 aliphatic heterocycles. The molecule has 2 aromatic carbocycles. The first-order chi connectivity index (χ1) is 13.8. The van der Waals surface area contributed by atoms with Gasteiger partial charge in [-0.2, -0.15) is 4.31 Å². The highest BCUT2D eigenvalue weighted by atomic mass is 32.2. The number of carbonyl (C=O) groups excluding carboxylic acids is 1. The summed E-state index contributed by atoms with van der Waals surface area (Å²) >= 11 is 0. The van der Waals surface area contributed by atoms with Crippen molar-refractivity contribution in [1.29, 1.82) is 0 Å². The molecule has 8 heteroatoms. The van der Waals surface area contributed by atoms with Gasteiger partial charge in [0.15, 0.2) is 6.04 Å². The van der Waals surface area contributed by atoms with E-state index in [1.165, 1.54) is 4.31 Å². The van der Waals surface area contributed by atoms with Crippen molar-refractivity contribution in [3.05, 3.63) is 54.1 Å². The lowest BCUT2D eigenvalue weighted by atomic mass is 10.2. The predicted octanol–water partition coefficient (Wildman–Crippen LogP) is 0.920. The van der Waals surface area contributed by atoms with Crippen molar-refractivity contribution in [1.82, 2.24) is 4.31 Å². The van der Waals surface area contributed by atoms with Crippen molar-refractivity contribution in [2.24, 2.45) is 0 Å². The lowest BCUT2D eigenvalue weighted by Crippen LogP contribution is -3.19. The smallest absolute Gasteiger partial charge is 0.282 e. The number of anilines is 1. The van der Waals surface area contributed by atoms with Crippen LogP contribution in [0, 0.1) is 6.92 Å². The first-order valence-electron chi connectivity index (χ1n) is 9.68. The minimum absolute atomic E-state index is 0.108. The highest BCUT2D eigenvalue weighted by Crippen LogP contribution is 2.25. The van der Waals surface area contributed by atoms with Gasteiger partial charge in [0.1, 0.15) is 5.75 Å². The maximum atomic E-state index is 12.8. The molecule has 1 aliphatic rings. The number of piperazine rings is 1. The Hall–Kier alpha value is -2.42. The molecule has 0 saturated carbocycles. The molecule has 2 N–H and O–H groups in total. The largest absolute Gasteiger partial charge is 0.495 e. The molecular formula is C21H28N3O4S+. The Kier molecular flexibility index (Phi) is 6.56. The normalized spacial score (nSPS) is 16.9. The number of nitrogens with one attached hydrogen (secondary N) is 2. The average molecular weight is 419 g/mol. The summed E-state index contributed by atoms with van der Waals surface area (Å²) in [4.78, 5) is 14.1. The lowest BCUT2D eigenvalue weighted by molar-refractivity contribution is -0.917. The van der Waals surface area contributed by atoms with Crippen LogP contribution in [0.15, 0.2) is 53.4 Å². The maximum absolute atomic E-state index is 12.8. The zero-order valence-corrected chi connectivity index (χ0v) is 17.8. The van der Waals surface area contributed by atoms with E-state index in [4.69, 9.17) is 4.74 Å². The van der Waals surface area contributed by atoms with Gasteiger partial charge in [-0.25, -0.2) is 8.42 Å². The third-order valence-corrected chi connectivity index (χ3v) is 7.28. The van der Waals surface area contributed by atoms with E-state index in [0.717, 1.165) is 10.5 Å². The zero-order valence-electron chi connectivity index (χ0n) is 17.0. The van der Waals surface area contributed by atoms with E-state index in [1.54, 1.807) is 37.4 Å². The number of nitrogens with zero attached hydrogens (tertiary/aromatic N) is 1. The average Bonchev–Trinajstić information content (AvgIpc) is 2.74. The van der Waals surface area contributed by atoms with Crippen molar-refractivity contribution >= 4 is 21.6 Å². The maximum Gasteiger partial charge on any atom is 0.282 e. The highest BCUT2D eigenvalue weighted by molar-refractivity contribution is 7.89. The van der Waals surface area contributed by atoms with Gasteiger partial charge in [0, 0.05) is 0 Å². The summed E-state index contributed by atoms with van der Waals surface area (Å²) in [6, 6.07) is 13.8. The van der Waals surface area contributed by atoms with Gasteiger partial charge < -0.3 is 15.0 Å². The summed E-state index contributed by atoms with van der Waals surface area (Å²) in [7, 11) is -1.92. The van der Waals surface area contributed by atoms with Gasteiger partial charge >= 0.3 is 0 Å². The fourth-order valence-corrected chi connectivity index (χ4v) is 5.00. The molecule has 0 bridgehead atoms. The van der Waals surface area contributed by atoms with Crippen LogP contribution in [0.5, 0.6) is 5.75 Å². The molecule has 0 aromatic heterocycles. The van der Waals surface area contributed by atoms with Crippen LogP contribution in [0.2, 0.25) is 0 Å². The number of ether oxygens (including phenoxy) is 1. The van der Waals surface area contributed by atoms with Crippen LogP contribution in [0.3, 0.4) is 0 Å². The van der Waals surface area contributed by atoms with Gasteiger partial charge in [-0.1, -0.05) is 24.3 Å². The van der Waals surface area contributed by atoms with E-state index in [-0.39, 0.29) is 11.9 Å². The Balaban J connectivity index is 1.62. The second-order valence-electron chi connectivity index (χ2n) is 7.29. The fourth-order valence-electron chi connectivity index (χ4n) is 3.53. The minimum Gasteiger partial charge on any atom is -0.495 e. The van der Waals surface area contributed by atoms with Crippen LogP contribution in [0.4, 0.5) is 5.69 Å². The Morgan fingerprint density at radius 2 is 1.79 bits per heavy atom. The van der Waals surface area contributed by atoms with Crippen LogP contribution in [-0.4, -0.2) is 58.0 Å². The summed E-state index contributed by atoms with van der Waals surface area (Å²) in [5.74, 6) is 0.508. The standard InChI is InChI=1S/C21H27N3O4S/c1-16-9-10-20(28-3)19(15-16)22-21(25)17(2)23-11-13-24(14-12-23)29(26,27)18-7-5-4-6-8-18/h4-10,15,17H,11-14H2,1-3H3,(H,22,25)/p+1/t17-/m0/s1. The van der Waals surface area contributed by atoms with Crippen LogP contribution < -0.4 is 15.0 Å².